The molecule has 0 radical (unpaired) electrons. The maximum absolute atomic E-state index is 12.0. The number of H-pyrrole nitrogens is 2. The van der Waals surface area contributed by atoms with E-state index in [1.807, 2.05) is 27.7 Å². The molecular formula is C25H30Cl2N4O7S2. The van der Waals surface area contributed by atoms with E-state index in [2.05, 4.69) is 19.9 Å². The lowest BCUT2D eigenvalue weighted by Crippen LogP contribution is -2.19. The summed E-state index contributed by atoms with van der Waals surface area (Å²) >= 11 is 10.9. The number of rotatable bonds is 6. The van der Waals surface area contributed by atoms with Gasteiger partial charge in [-0.15, -0.1) is 23.2 Å². The Morgan fingerprint density at radius 2 is 1.30 bits per heavy atom. The molecule has 0 saturated heterocycles. The van der Waals surface area contributed by atoms with Crippen molar-refractivity contribution in [1.29, 1.82) is 0 Å². The first-order chi connectivity index (χ1) is 18.9. The number of alkyl halides is 2. The van der Waals surface area contributed by atoms with E-state index >= 15 is 0 Å². The molecule has 40 heavy (non-hydrogen) atoms. The lowest BCUT2D eigenvalue weighted by Gasteiger charge is -2.06. The van der Waals surface area contributed by atoms with Crippen LogP contribution in [0.3, 0.4) is 0 Å². The van der Waals surface area contributed by atoms with Crippen molar-refractivity contribution in [3.05, 3.63) is 64.8 Å². The number of aromatic nitrogens is 4. The second-order valence-corrected chi connectivity index (χ2v) is 12.9. The van der Waals surface area contributed by atoms with Crippen LogP contribution in [-0.4, -0.2) is 40.0 Å². The monoisotopic (exact) mass is 632 g/mol. The van der Waals surface area contributed by atoms with Crippen molar-refractivity contribution in [2.24, 2.45) is 0 Å². The van der Waals surface area contributed by atoms with Crippen molar-refractivity contribution in [3.63, 3.8) is 0 Å². The van der Waals surface area contributed by atoms with Crippen molar-refractivity contribution >= 4 is 68.0 Å². The standard InChI is InChI=1S/C12H14N2O4S.C12H14N2O3S.CH2Cl2/c1-4-7-5-8(15)18-11-9(7)10(16)13-12(14-11)19(17)6(2)3;1-4-7-5-8(15)17-11-9(7)10(16)13-12(14-11)18-6(2)3;2-1-3/h5-6H,4H2,1-3H3,(H,13,14,16);5-6H,4H2,1-3H3,(H,13,14,16);1H2. The first kappa shape index (κ1) is 33.5. The lowest BCUT2D eigenvalue weighted by atomic mass is 10.1. The number of halogens is 2. The van der Waals surface area contributed by atoms with Crippen molar-refractivity contribution < 1.29 is 13.0 Å². The predicted molar refractivity (Wildman–Crippen MR) is 160 cm³/mol. The summed E-state index contributed by atoms with van der Waals surface area (Å²) in [6.45, 7) is 11.2. The molecule has 0 aliphatic carbocycles. The quantitative estimate of drug-likeness (QED) is 0.177. The van der Waals surface area contributed by atoms with E-state index in [0.29, 0.717) is 34.5 Å². The Hall–Kier alpha value is -2.74. The minimum atomic E-state index is -1.45. The fraction of sp³-hybridized carbons (Fsp3) is 0.440. The van der Waals surface area contributed by atoms with E-state index in [-0.39, 0.29) is 43.4 Å². The summed E-state index contributed by atoms with van der Waals surface area (Å²) in [6.07, 6.45) is 1.10. The van der Waals surface area contributed by atoms with Gasteiger partial charge in [0, 0.05) is 22.6 Å². The van der Waals surface area contributed by atoms with E-state index in [9.17, 15) is 23.4 Å². The van der Waals surface area contributed by atoms with Crippen LogP contribution in [-0.2, 0) is 23.6 Å². The molecule has 0 amide bonds. The van der Waals surface area contributed by atoms with E-state index in [1.54, 1.807) is 13.8 Å². The molecule has 0 aliphatic rings. The van der Waals surface area contributed by atoms with Crippen LogP contribution in [0.5, 0.6) is 0 Å². The van der Waals surface area contributed by atoms with Crippen LogP contribution in [0.2, 0.25) is 0 Å². The Balaban J connectivity index is 0.000000256. The third-order valence-electron chi connectivity index (χ3n) is 5.08. The van der Waals surface area contributed by atoms with Crippen LogP contribution < -0.4 is 22.4 Å². The highest BCUT2D eigenvalue weighted by molar-refractivity contribution is 7.99. The summed E-state index contributed by atoms with van der Waals surface area (Å²) in [5.41, 5.74) is -0.443. The maximum Gasteiger partial charge on any atom is 0.337 e. The Labute approximate surface area is 245 Å². The summed E-state index contributed by atoms with van der Waals surface area (Å²) in [6, 6.07) is 2.62. The van der Waals surface area contributed by atoms with Gasteiger partial charge >= 0.3 is 11.3 Å². The number of thioether (sulfide) groups is 1. The van der Waals surface area contributed by atoms with Crippen LogP contribution in [0.25, 0.3) is 22.2 Å². The fourth-order valence-electron chi connectivity index (χ4n) is 3.41. The zero-order valence-electron chi connectivity index (χ0n) is 22.8. The number of aryl methyl sites for hydroxylation is 2. The average molecular weight is 634 g/mol. The molecule has 0 aliphatic heterocycles. The lowest BCUT2D eigenvalue weighted by molar-refractivity contribution is 0.540. The van der Waals surface area contributed by atoms with E-state index in [1.165, 1.54) is 23.9 Å². The van der Waals surface area contributed by atoms with Crippen molar-refractivity contribution in [1.82, 2.24) is 19.9 Å². The third kappa shape index (κ3) is 8.63. The van der Waals surface area contributed by atoms with E-state index in [4.69, 9.17) is 32.0 Å². The number of nitrogens with zero attached hydrogens (tertiary/aromatic N) is 2. The summed E-state index contributed by atoms with van der Waals surface area (Å²) in [5, 5.41) is 1.40. The predicted octanol–water partition coefficient (Wildman–Crippen LogP) is 4.32. The molecule has 11 nitrogen and oxygen atoms in total. The van der Waals surface area contributed by atoms with Gasteiger partial charge in [-0.05, 0) is 24.0 Å². The molecule has 0 spiro atoms. The van der Waals surface area contributed by atoms with Crippen molar-refractivity contribution in [2.75, 3.05) is 5.34 Å². The third-order valence-corrected chi connectivity index (χ3v) is 7.40. The van der Waals surface area contributed by atoms with Gasteiger partial charge in [0.15, 0.2) is 5.16 Å². The van der Waals surface area contributed by atoms with Gasteiger partial charge < -0.3 is 13.8 Å². The highest BCUT2D eigenvalue weighted by Gasteiger charge is 2.17. The second kappa shape index (κ2) is 15.3. The van der Waals surface area contributed by atoms with Crippen LogP contribution in [0.1, 0.15) is 52.7 Å². The molecule has 0 bridgehead atoms. The number of hydrogen-bond donors (Lipinski definition) is 2. The van der Waals surface area contributed by atoms with Gasteiger partial charge in [-0.1, -0.05) is 53.3 Å². The van der Waals surface area contributed by atoms with Crippen LogP contribution in [0, 0.1) is 0 Å². The molecular weight excluding hydrogens is 603 g/mol. The van der Waals surface area contributed by atoms with E-state index in [0.717, 1.165) is 0 Å². The topological polar surface area (TPSA) is 169 Å². The van der Waals surface area contributed by atoms with Gasteiger partial charge in [-0.2, -0.15) is 9.97 Å². The minimum Gasteiger partial charge on any atom is -0.403 e. The molecule has 2 N–H and O–H groups in total. The molecule has 4 rings (SSSR count). The average Bonchev–Trinajstić information content (AvgIpc) is 2.86. The van der Waals surface area contributed by atoms with Gasteiger partial charge in [0.1, 0.15) is 10.8 Å². The molecule has 4 aromatic heterocycles. The van der Waals surface area contributed by atoms with Gasteiger partial charge in [0.05, 0.1) is 16.1 Å². The number of fused-ring (bicyclic) bond motifs is 2. The molecule has 0 saturated carbocycles. The molecule has 4 aromatic rings. The zero-order valence-corrected chi connectivity index (χ0v) is 25.9. The van der Waals surface area contributed by atoms with Gasteiger partial charge in [0.2, 0.25) is 16.6 Å². The van der Waals surface area contributed by atoms with Crippen LogP contribution in [0.15, 0.2) is 50.5 Å². The van der Waals surface area contributed by atoms with Crippen molar-refractivity contribution in [2.45, 2.75) is 75.2 Å². The van der Waals surface area contributed by atoms with E-state index < -0.39 is 27.6 Å². The van der Waals surface area contributed by atoms with Gasteiger partial charge in [-0.3, -0.25) is 18.8 Å². The summed E-state index contributed by atoms with van der Waals surface area (Å²) < 4.78 is 21.9. The molecule has 1 atom stereocenters. The number of nitrogens with one attached hydrogen (secondary N) is 2. The Morgan fingerprint density at radius 1 is 0.850 bits per heavy atom. The molecule has 0 aromatic carbocycles. The largest absolute Gasteiger partial charge is 0.403 e. The number of hydrogen-bond acceptors (Lipinski definition) is 10. The summed E-state index contributed by atoms with van der Waals surface area (Å²) in [4.78, 5) is 60.2. The smallest absolute Gasteiger partial charge is 0.337 e. The fourth-order valence-corrected chi connectivity index (χ4v) is 4.96. The zero-order chi connectivity index (χ0) is 30.1. The normalized spacial score (nSPS) is 11.8. The second-order valence-electron chi connectivity index (χ2n) is 8.60. The summed E-state index contributed by atoms with van der Waals surface area (Å²) in [5.74, 6) is 0. The molecule has 4 heterocycles. The van der Waals surface area contributed by atoms with Crippen molar-refractivity contribution in [3.8, 4) is 0 Å². The molecule has 1 unspecified atom stereocenters. The molecule has 218 valence electrons. The minimum absolute atomic E-state index is 0.0314. The Morgan fingerprint density at radius 3 is 1.73 bits per heavy atom. The first-order valence-electron chi connectivity index (χ1n) is 12.2. The number of aromatic amines is 2. The summed E-state index contributed by atoms with van der Waals surface area (Å²) in [7, 11) is -1.45. The maximum atomic E-state index is 12.0. The van der Waals surface area contributed by atoms with Crippen LogP contribution >= 0.6 is 35.0 Å². The Bertz CT molecular complexity index is 1730. The first-order valence-corrected chi connectivity index (χ1v) is 15.4. The SMILES string of the molecule is CCc1cc(=O)oc2nc(S(=O)C(C)C)[nH]c(=O)c12.CCc1cc(=O)oc2nc(SC(C)C)[nH]c(=O)c12.ClCCl. The molecule has 15 heteroatoms. The van der Waals surface area contributed by atoms with Gasteiger partial charge in [-0.25, -0.2) is 9.59 Å². The Kier molecular flexibility index (Phi) is 12.8. The van der Waals surface area contributed by atoms with Crippen LogP contribution in [0.4, 0.5) is 0 Å². The molecule has 0 fully saturated rings. The van der Waals surface area contributed by atoms with Gasteiger partial charge in [0.25, 0.3) is 11.1 Å². The highest BCUT2D eigenvalue weighted by Crippen LogP contribution is 2.20. The highest BCUT2D eigenvalue weighted by atomic mass is 35.5.